The molecular formula is C15H17ClN2O. The van der Waals surface area contributed by atoms with E-state index in [1.54, 1.807) is 11.1 Å². The zero-order valence-corrected chi connectivity index (χ0v) is 11.9. The number of halogens is 1. The van der Waals surface area contributed by atoms with E-state index in [2.05, 4.69) is 4.98 Å². The Labute approximate surface area is 118 Å². The standard InChI is InChI=1S/C15H17ClN2O/c1-3-18(4-2)15(19)14(16)12-7-8-13-11(10-12)6-5-9-17-13/h5-10,14H,3-4H2,1-2H3. The molecule has 100 valence electrons. The van der Waals surface area contributed by atoms with Crippen LogP contribution in [0.3, 0.4) is 0 Å². The number of amides is 1. The Hall–Kier alpha value is -1.61. The lowest BCUT2D eigenvalue weighted by atomic mass is 10.1. The molecule has 1 heterocycles. The summed E-state index contributed by atoms with van der Waals surface area (Å²) in [5.41, 5.74) is 1.73. The van der Waals surface area contributed by atoms with Crippen LogP contribution in [0.2, 0.25) is 0 Å². The highest BCUT2D eigenvalue weighted by molar-refractivity contribution is 6.30. The van der Waals surface area contributed by atoms with E-state index in [1.807, 2.05) is 44.2 Å². The van der Waals surface area contributed by atoms with Gasteiger partial charge in [-0.3, -0.25) is 9.78 Å². The second-order valence-electron chi connectivity index (χ2n) is 4.33. The van der Waals surface area contributed by atoms with Crippen LogP contribution in [0.1, 0.15) is 24.8 Å². The minimum atomic E-state index is -0.635. The largest absolute Gasteiger partial charge is 0.342 e. The normalized spacial score (nSPS) is 12.4. The van der Waals surface area contributed by atoms with Crippen LogP contribution < -0.4 is 0 Å². The molecule has 0 saturated carbocycles. The van der Waals surface area contributed by atoms with Gasteiger partial charge < -0.3 is 4.90 Å². The van der Waals surface area contributed by atoms with E-state index in [-0.39, 0.29) is 5.91 Å². The average molecular weight is 277 g/mol. The molecule has 0 bridgehead atoms. The van der Waals surface area contributed by atoms with Crippen LogP contribution in [0, 0.1) is 0 Å². The number of nitrogens with zero attached hydrogens (tertiary/aromatic N) is 2. The predicted molar refractivity (Wildman–Crippen MR) is 78.3 cm³/mol. The van der Waals surface area contributed by atoms with E-state index in [4.69, 9.17) is 11.6 Å². The molecule has 19 heavy (non-hydrogen) atoms. The number of carbonyl (C=O) groups excluding carboxylic acids is 1. The van der Waals surface area contributed by atoms with Gasteiger partial charge in [-0.25, -0.2) is 0 Å². The molecule has 2 rings (SSSR count). The Morgan fingerprint density at radius 2 is 2.05 bits per heavy atom. The molecule has 2 aromatic rings. The van der Waals surface area contributed by atoms with Crippen molar-refractivity contribution in [2.24, 2.45) is 0 Å². The van der Waals surface area contributed by atoms with Gasteiger partial charge in [-0.05, 0) is 37.6 Å². The van der Waals surface area contributed by atoms with Crippen molar-refractivity contribution in [3.63, 3.8) is 0 Å². The van der Waals surface area contributed by atoms with Crippen LogP contribution in [0.4, 0.5) is 0 Å². The zero-order chi connectivity index (χ0) is 13.8. The first kappa shape index (κ1) is 13.8. The Kier molecular flexibility index (Phi) is 4.38. The van der Waals surface area contributed by atoms with Crippen molar-refractivity contribution in [2.75, 3.05) is 13.1 Å². The van der Waals surface area contributed by atoms with Crippen molar-refractivity contribution in [1.82, 2.24) is 9.88 Å². The van der Waals surface area contributed by atoms with E-state index < -0.39 is 5.38 Å². The third kappa shape index (κ3) is 2.87. The Morgan fingerprint density at radius 1 is 1.32 bits per heavy atom. The SMILES string of the molecule is CCN(CC)C(=O)C(Cl)c1ccc2ncccc2c1. The molecule has 0 spiro atoms. The minimum Gasteiger partial charge on any atom is -0.342 e. The maximum atomic E-state index is 12.2. The fraction of sp³-hybridized carbons (Fsp3) is 0.333. The highest BCUT2D eigenvalue weighted by Gasteiger charge is 2.22. The van der Waals surface area contributed by atoms with Crippen LogP contribution in [-0.2, 0) is 4.79 Å². The fourth-order valence-electron chi connectivity index (χ4n) is 2.09. The number of fused-ring (bicyclic) bond motifs is 1. The number of aromatic nitrogens is 1. The van der Waals surface area contributed by atoms with Gasteiger partial charge in [0.25, 0.3) is 0 Å². The molecule has 0 fully saturated rings. The molecule has 0 radical (unpaired) electrons. The predicted octanol–water partition coefficient (Wildman–Crippen LogP) is 3.38. The Balaban J connectivity index is 2.30. The number of pyridine rings is 1. The van der Waals surface area contributed by atoms with E-state index in [1.165, 1.54) is 0 Å². The van der Waals surface area contributed by atoms with Crippen molar-refractivity contribution < 1.29 is 4.79 Å². The summed E-state index contributed by atoms with van der Waals surface area (Å²) in [6.07, 6.45) is 1.75. The molecular weight excluding hydrogens is 260 g/mol. The van der Waals surface area contributed by atoms with Crippen LogP contribution in [0.5, 0.6) is 0 Å². The van der Waals surface area contributed by atoms with Gasteiger partial charge in [-0.2, -0.15) is 0 Å². The minimum absolute atomic E-state index is 0.0464. The first-order valence-electron chi connectivity index (χ1n) is 6.45. The third-order valence-electron chi connectivity index (χ3n) is 3.21. The molecule has 3 nitrogen and oxygen atoms in total. The number of carbonyl (C=O) groups is 1. The lowest BCUT2D eigenvalue weighted by Crippen LogP contribution is -2.33. The quantitative estimate of drug-likeness (QED) is 0.802. The summed E-state index contributed by atoms with van der Waals surface area (Å²) >= 11 is 6.30. The molecule has 0 saturated heterocycles. The summed E-state index contributed by atoms with van der Waals surface area (Å²) in [5, 5.41) is 0.363. The fourth-order valence-corrected chi connectivity index (χ4v) is 2.36. The van der Waals surface area contributed by atoms with Crippen LogP contribution in [0.15, 0.2) is 36.5 Å². The molecule has 0 aliphatic rings. The second-order valence-corrected chi connectivity index (χ2v) is 4.77. The van der Waals surface area contributed by atoms with Crippen molar-refractivity contribution in [3.05, 3.63) is 42.1 Å². The highest BCUT2D eigenvalue weighted by Crippen LogP contribution is 2.25. The molecule has 1 aromatic heterocycles. The lowest BCUT2D eigenvalue weighted by molar-refractivity contribution is -0.130. The number of likely N-dealkylation sites (N-methyl/N-ethyl adjacent to an activating group) is 1. The number of benzene rings is 1. The molecule has 4 heteroatoms. The summed E-state index contributed by atoms with van der Waals surface area (Å²) in [7, 11) is 0. The average Bonchev–Trinajstić information content (AvgIpc) is 2.47. The number of alkyl halides is 1. The summed E-state index contributed by atoms with van der Waals surface area (Å²) in [4.78, 5) is 18.2. The molecule has 0 aliphatic heterocycles. The molecule has 1 unspecified atom stereocenters. The molecule has 1 aromatic carbocycles. The van der Waals surface area contributed by atoms with Gasteiger partial charge in [0, 0.05) is 24.7 Å². The second kappa shape index (κ2) is 6.02. The third-order valence-corrected chi connectivity index (χ3v) is 3.65. The summed E-state index contributed by atoms with van der Waals surface area (Å²) in [5.74, 6) is -0.0464. The van der Waals surface area contributed by atoms with Crippen LogP contribution >= 0.6 is 11.6 Å². The van der Waals surface area contributed by atoms with Gasteiger partial charge in [0.05, 0.1) is 5.52 Å². The molecule has 0 aliphatic carbocycles. The van der Waals surface area contributed by atoms with E-state index in [9.17, 15) is 4.79 Å². The van der Waals surface area contributed by atoms with Crippen molar-refractivity contribution in [3.8, 4) is 0 Å². The summed E-state index contributed by atoms with van der Waals surface area (Å²) in [6.45, 7) is 5.26. The Bertz CT molecular complexity index is 581. The van der Waals surface area contributed by atoms with Gasteiger partial charge >= 0.3 is 0 Å². The molecule has 1 atom stereocenters. The summed E-state index contributed by atoms with van der Waals surface area (Å²) in [6, 6.07) is 9.55. The highest BCUT2D eigenvalue weighted by atomic mass is 35.5. The maximum Gasteiger partial charge on any atom is 0.245 e. The van der Waals surface area contributed by atoms with Crippen LogP contribution in [-0.4, -0.2) is 28.9 Å². The first-order valence-corrected chi connectivity index (χ1v) is 6.88. The number of hydrogen-bond donors (Lipinski definition) is 0. The van der Waals surface area contributed by atoms with Gasteiger partial charge in [0.15, 0.2) is 0 Å². The zero-order valence-electron chi connectivity index (χ0n) is 11.1. The van der Waals surface area contributed by atoms with Crippen molar-refractivity contribution in [1.29, 1.82) is 0 Å². The van der Waals surface area contributed by atoms with E-state index in [0.29, 0.717) is 13.1 Å². The van der Waals surface area contributed by atoms with E-state index in [0.717, 1.165) is 16.5 Å². The lowest BCUT2D eigenvalue weighted by Gasteiger charge is -2.22. The van der Waals surface area contributed by atoms with Gasteiger partial charge in [-0.1, -0.05) is 12.1 Å². The molecule has 1 amide bonds. The Morgan fingerprint density at radius 3 is 2.74 bits per heavy atom. The number of hydrogen-bond acceptors (Lipinski definition) is 2. The van der Waals surface area contributed by atoms with Gasteiger partial charge in [-0.15, -0.1) is 11.6 Å². The maximum absolute atomic E-state index is 12.2. The van der Waals surface area contributed by atoms with Crippen molar-refractivity contribution >= 4 is 28.4 Å². The smallest absolute Gasteiger partial charge is 0.245 e. The topological polar surface area (TPSA) is 33.2 Å². The first-order chi connectivity index (χ1) is 9.17. The summed E-state index contributed by atoms with van der Waals surface area (Å²) < 4.78 is 0. The monoisotopic (exact) mass is 276 g/mol. The van der Waals surface area contributed by atoms with E-state index >= 15 is 0 Å². The van der Waals surface area contributed by atoms with Crippen molar-refractivity contribution in [2.45, 2.75) is 19.2 Å². The number of rotatable bonds is 4. The van der Waals surface area contributed by atoms with Crippen LogP contribution in [0.25, 0.3) is 10.9 Å². The molecule has 0 N–H and O–H groups in total. The van der Waals surface area contributed by atoms with Gasteiger partial charge in [0.2, 0.25) is 5.91 Å². The van der Waals surface area contributed by atoms with Gasteiger partial charge in [0.1, 0.15) is 5.38 Å².